The van der Waals surface area contributed by atoms with Crippen LogP contribution in [0.5, 0.6) is 0 Å². The largest absolute Gasteiger partial charge is 0.310 e. The van der Waals surface area contributed by atoms with Crippen molar-refractivity contribution in [3.8, 4) is 0 Å². The summed E-state index contributed by atoms with van der Waals surface area (Å²) in [6.45, 7) is 6.61. The van der Waals surface area contributed by atoms with Gasteiger partial charge in [-0.1, -0.05) is 27.2 Å². The second-order valence-corrected chi connectivity index (χ2v) is 4.22. The Kier molecular flexibility index (Phi) is 5.00. The Hall–Kier alpha value is -1.03. The highest BCUT2D eigenvalue weighted by molar-refractivity contribution is 5.23. The minimum absolute atomic E-state index is 0.158. The van der Waals surface area contributed by atoms with E-state index in [1.807, 2.05) is 20.8 Å². The first-order chi connectivity index (χ1) is 8.01. The average Bonchev–Trinajstić information content (AvgIpc) is 2.31. The zero-order valence-corrected chi connectivity index (χ0v) is 10.4. The number of benzene rings is 1. The van der Waals surface area contributed by atoms with E-state index < -0.39 is 17.5 Å². The van der Waals surface area contributed by atoms with Crippen LogP contribution in [0, 0.1) is 23.4 Å². The zero-order valence-electron chi connectivity index (χ0n) is 10.4. The molecule has 1 aromatic rings. The van der Waals surface area contributed by atoms with Gasteiger partial charge in [0.25, 0.3) is 0 Å². The quantitative estimate of drug-likeness (QED) is 0.778. The molecule has 0 radical (unpaired) electrons. The van der Waals surface area contributed by atoms with Crippen molar-refractivity contribution >= 4 is 0 Å². The first-order valence-electron chi connectivity index (χ1n) is 5.89. The van der Waals surface area contributed by atoms with Gasteiger partial charge in [0.05, 0.1) is 0 Å². The molecule has 2 atom stereocenters. The molecular formula is C13H18F3N. The van der Waals surface area contributed by atoms with E-state index in [1.54, 1.807) is 0 Å². The van der Waals surface area contributed by atoms with Crippen LogP contribution in [-0.2, 0) is 0 Å². The van der Waals surface area contributed by atoms with Gasteiger partial charge in [0, 0.05) is 6.04 Å². The Bertz CT molecular complexity index is 356. The molecule has 0 bridgehead atoms. The first-order valence-corrected chi connectivity index (χ1v) is 5.89. The maximum absolute atomic E-state index is 13.2. The van der Waals surface area contributed by atoms with Crippen LogP contribution >= 0.6 is 0 Å². The number of halogens is 3. The molecule has 0 fully saturated rings. The molecule has 0 amide bonds. The summed E-state index contributed by atoms with van der Waals surface area (Å²) in [5.41, 5.74) is 0.456. The van der Waals surface area contributed by atoms with Gasteiger partial charge in [-0.2, -0.15) is 0 Å². The van der Waals surface area contributed by atoms with Crippen molar-refractivity contribution < 1.29 is 13.2 Å². The topological polar surface area (TPSA) is 12.0 Å². The maximum Gasteiger partial charge on any atom is 0.194 e. The smallest absolute Gasteiger partial charge is 0.194 e. The Morgan fingerprint density at radius 1 is 1.12 bits per heavy atom. The number of nitrogens with one attached hydrogen (secondary N) is 1. The van der Waals surface area contributed by atoms with Crippen LogP contribution in [-0.4, -0.2) is 6.54 Å². The monoisotopic (exact) mass is 245 g/mol. The fourth-order valence-electron chi connectivity index (χ4n) is 1.86. The Morgan fingerprint density at radius 3 is 2.06 bits per heavy atom. The molecule has 1 N–H and O–H groups in total. The summed E-state index contributed by atoms with van der Waals surface area (Å²) < 4.78 is 39.2. The summed E-state index contributed by atoms with van der Waals surface area (Å²) in [6.07, 6.45) is 0.873. The molecule has 0 heterocycles. The Morgan fingerprint density at radius 2 is 1.65 bits per heavy atom. The Labute approximate surface area is 100 Å². The highest BCUT2D eigenvalue weighted by Crippen LogP contribution is 2.26. The van der Waals surface area contributed by atoms with Gasteiger partial charge in [0.15, 0.2) is 17.5 Å². The first kappa shape index (κ1) is 14.0. The van der Waals surface area contributed by atoms with Crippen molar-refractivity contribution in [1.29, 1.82) is 0 Å². The van der Waals surface area contributed by atoms with Gasteiger partial charge >= 0.3 is 0 Å². The molecule has 0 spiro atoms. The summed E-state index contributed by atoms with van der Waals surface area (Å²) >= 11 is 0. The second-order valence-electron chi connectivity index (χ2n) is 4.22. The molecule has 96 valence electrons. The molecule has 0 aliphatic rings. The van der Waals surface area contributed by atoms with E-state index in [0.717, 1.165) is 18.6 Å². The van der Waals surface area contributed by atoms with Gasteiger partial charge < -0.3 is 5.32 Å². The normalized spacial score (nSPS) is 14.7. The lowest BCUT2D eigenvalue weighted by Gasteiger charge is -2.24. The molecule has 0 saturated heterocycles. The van der Waals surface area contributed by atoms with E-state index >= 15 is 0 Å². The number of rotatable bonds is 5. The maximum atomic E-state index is 13.2. The molecule has 2 unspecified atom stereocenters. The lowest BCUT2D eigenvalue weighted by molar-refractivity contribution is 0.376. The third kappa shape index (κ3) is 3.22. The van der Waals surface area contributed by atoms with Crippen molar-refractivity contribution in [2.75, 3.05) is 6.54 Å². The number of hydrogen-bond acceptors (Lipinski definition) is 1. The van der Waals surface area contributed by atoms with Crippen LogP contribution < -0.4 is 5.32 Å². The summed E-state index contributed by atoms with van der Waals surface area (Å²) in [4.78, 5) is 0. The van der Waals surface area contributed by atoms with Crippen LogP contribution in [0.1, 0.15) is 38.8 Å². The predicted octanol–water partition coefficient (Wildman–Crippen LogP) is 3.80. The zero-order chi connectivity index (χ0) is 13.0. The van der Waals surface area contributed by atoms with Crippen LogP contribution in [0.2, 0.25) is 0 Å². The molecule has 0 aliphatic heterocycles. The van der Waals surface area contributed by atoms with Gasteiger partial charge in [-0.05, 0) is 30.2 Å². The predicted molar refractivity (Wildman–Crippen MR) is 62.2 cm³/mol. The van der Waals surface area contributed by atoms with Crippen molar-refractivity contribution in [3.63, 3.8) is 0 Å². The van der Waals surface area contributed by atoms with Gasteiger partial charge in [-0.25, -0.2) is 13.2 Å². The molecule has 1 nitrogen and oxygen atoms in total. The van der Waals surface area contributed by atoms with E-state index in [2.05, 4.69) is 5.32 Å². The average molecular weight is 245 g/mol. The molecule has 1 rings (SSSR count). The van der Waals surface area contributed by atoms with Crippen molar-refractivity contribution in [2.45, 2.75) is 33.2 Å². The van der Waals surface area contributed by atoms with Gasteiger partial charge in [-0.3, -0.25) is 0 Å². The fourth-order valence-corrected chi connectivity index (χ4v) is 1.86. The fraction of sp³-hybridized carbons (Fsp3) is 0.538. The van der Waals surface area contributed by atoms with Crippen molar-refractivity contribution in [1.82, 2.24) is 5.32 Å². The third-order valence-corrected chi connectivity index (χ3v) is 3.00. The molecule has 0 aromatic heterocycles. The lowest BCUT2D eigenvalue weighted by atomic mass is 9.92. The molecule has 1 aromatic carbocycles. The van der Waals surface area contributed by atoms with E-state index in [9.17, 15) is 13.2 Å². The van der Waals surface area contributed by atoms with Gasteiger partial charge in [-0.15, -0.1) is 0 Å². The van der Waals surface area contributed by atoms with Crippen molar-refractivity contribution in [3.05, 3.63) is 35.1 Å². The third-order valence-electron chi connectivity index (χ3n) is 3.00. The van der Waals surface area contributed by atoms with Crippen LogP contribution in [0.25, 0.3) is 0 Å². The van der Waals surface area contributed by atoms with Crippen LogP contribution in [0.3, 0.4) is 0 Å². The number of hydrogen-bond donors (Lipinski definition) is 1. The lowest BCUT2D eigenvalue weighted by Crippen LogP contribution is -2.27. The molecule has 0 saturated carbocycles. The summed E-state index contributed by atoms with van der Waals surface area (Å²) in [7, 11) is 0. The minimum Gasteiger partial charge on any atom is -0.310 e. The summed E-state index contributed by atoms with van der Waals surface area (Å²) in [6, 6.07) is 1.98. The molecule has 4 heteroatoms. The van der Waals surface area contributed by atoms with E-state index in [1.165, 1.54) is 0 Å². The minimum atomic E-state index is -1.41. The van der Waals surface area contributed by atoms with E-state index in [-0.39, 0.29) is 12.0 Å². The summed E-state index contributed by atoms with van der Waals surface area (Å²) in [5, 5.41) is 3.17. The molecule has 0 aliphatic carbocycles. The Balaban J connectivity index is 3.10. The second kappa shape index (κ2) is 6.05. The van der Waals surface area contributed by atoms with Crippen LogP contribution in [0.4, 0.5) is 13.2 Å². The van der Waals surface area contributed by atoms with Gasteiger partial charge in [0.1, 0.15) is 0 Å². The van der Waals surface area contributed by atoms with Gasteiger partial charge in [0.2, 0.25) is 0 Å². The molecule has 17 heavy (non-hydrogen) atoms. The summed E-state index contributed by atoms with van der Waals surface area (Å²) in [5.74, 6) is -3.45. The standard InChI is InChI=1S/C13H18F3N/c1-4-8(3)13(17-5-2)9-6-10(14)12(16)11(15)7-9/h6-8,13,17H,4-5H2,1-3H3. The van der Waals surface area contributed by atoms with Crippen LogP contribution in [0.15, 0.2) is 12.1 Å². The van der Waals surface area contributed by atoms with E-state index in [0.29, 0.717) is 12.1 Å². The van der Waals surface area contributed by atoms with E-state index in [4.69, 9.17) is 0 Å². The molecular weight excluding hydrogens is 227 g/mol. The highest BCUT2D eigenvalue weighted by Gasteiger charge is 2.20. The highest BCUT2D eigenvalue weighted by atomic mass is 19.2. The SMILES string of the molecule is CCNC(c1cc(F)c(F)c(F)c1)C(C)CC. The van der Waals surface area contributed by atoms with Crippen molar-refractivity contribution in [2.24, 2.45) is 5.92 Å².